The highest BCUT2D eigenvalue weighted by atomic mass is 16.2. The summed E-state index contributed by atoms with van der Waals surface area (Å²) in [5.41, 5.74) is 5.89. The summed E-state index contributed by atoms with van der Waals surface area (Å²) < 4.78 is 0. The van der Waals surface area contributed by atoms with E-state index in [4.69, 9.17) is 0 Å². The summed E-state index contributed by atoms with van der Waals surface area (Å²) in [6.07, 6.45) is 4.57. The number of nitrogens with zero attached hydrogens (tertiary/aromatic N) is 2. The van der Waals surface area contributed by atoms with Crippen molar-refractivity contribution in [3.05, 3.63) is 70.8 Å². The van der Waals surface area contributed by atoms with Gasteiger partial charge in [-0.15, -0.1) is 0 Å². The second-order valence-electron chi connectivity index (χ2n) is 9.05. The monoisotopic (exact) mass is 458 g/mol. The zero-order valence-corrected chi connectivity index (χ0v) is 20.6. The molecule has 2 aliphatic heterocycles. The molecule has 4 rings (SSSR count). The molecular formula is C28H34N4O2. The first-order chi connectivity index (χ1) is 16.4. The average Bonchev–Trinajstić information content (AvgIpc) is 3.39. The molecule has 0 saturated carbocycles. The van der Waals surface area contributed by atoms with Gasteiger partial charge in [-0.1, -0.05) is 51.0 Å². The maximum absolute atomic E-state index is 12.9. The highest BCUT2D eigenvalue weighted by Crippen LogP contribution is 2.37. The first-order valence-corrected chi connectivity index (χ1v) is 12.2. The minimum atomic E-state index is -0.244. The zero-order valence-electron chi connectivity index (χ0n) is 20.6. The fourth-order valence-corrected chi connectivity index (χ4v) is 4.43. The Bertz CT molecular complexity index is 1040. The summed E-state index contributed by atoms with van der Waals surface area (Å²) in [7, 11) is 4.16. The third kappa shape index (κ3) is 4.58. The lowest BCUT2D eigenvalue weighted by Gasteiger charge is -2.19. The highest BCUT2D eigenvalue weighted by Gasteiger charge is 2.40. The third-order valence-corrected chi connectivity index (χ3v) is 6.57. The standard InChI is InChI=1S/C28H34N4O2/c1-5-7-17-31(3)21-13-9-19(10-14-21)25-23-24(28(34)29-25)26(30-27(23)33)20-11-15-22(16-12-20)32(4)18-8-6-2/h9-16H,5-8,17-18H2,1-4H3,(H,29,34)(H,30,33). The lowest BCUT2D eigenvalue weighted by atomic mass is 10.0. The van der Waals surface area contributed by atoms with E-state index >= 15 is 0 Å². The molecule has 2 aromatic rings. The number of carbonyl (C=O) groups excluding carboxylic acids is 2. The molecule has 2 aliphatic rings. The molecule has 6 nitrogen and oxygen atoms in total. The minimum absolute atomic E-state index is 0.244. The van der Waals surface area contributed by atoms with Crippen molar-refractivity contribution in [1.29, 1.82) is 0 Å². The van der Waals surface area contributed by atoms with E-state index in [9.17, 15) is 9.59 Å². The predicted octanol–water partition coefficient (Wildman–Crippen LogP) is 4.54. The van der Waals surface area contributed by atoms with Gasteiger partial charge in [0.05, 0.1) is 22.5 Å². The molecule has 0 unspecified atom stereocenters. The van der Waals surface area contributed by atoms with E-state index < -0.39 is 0 Å². The van der Waals surface area contributed by atoms with Crippen LogP contribution in [0.25, 0.3) is 11.4 Å². The Labute approximate surface area is 202 Å². The molecule has 0 saturated heterocycles. The van der Waals surface area contributed by atoms with Crippen LogP contribution in [-0.2, 0) is 9.59 Å². The van der Waals surface area contributed by atoms with Gasteiger partial charge in [-0.2, -0.15) is 0 Å². The van der Waals surface area contributed by atoms with E-state index in [1.54, 1.807) is 0 Å². The Morgan fingerprint density at radius 3 is 1.29 bits per heavy atom. The number of benzene rings is 2. The third-order valence-electron chi connectivity index (χ3n) is 6.57. The minimum Gasteiger partial charge on any atom is -0.375 e. The largest absolute Gasteiger partial charge is 0.375 e. The molecule has 0 aromatic heterocycles. The second-order valence-corrected chi connectivity index (χ2v) is 9.05. The van der Waals surface area contributed by atoms with Gasteiger partial charge in [0.2, 0.25) is 0 Å². The van der Waals surface area contributed by atoms with E-state index in [-0.39, 0.29) is 11.8 Å². The summed E-state index contributed by atoms with van der Waals surface area (Å²) in [4.78, 5) is 30.3. The maximum atomic E-state index is 12.9. The number of nitrogens with one attached hydrogen (secondary N) is 2. The van der Waals surface area contributed by atoms with Crippen LogP contribution in [0.5, 0.6) is 0 Å². The van der Waals surface area contributed by atoms with Crippen molar-refractivity contribution >= 4 is 34.6 Å². The van der Waals surface area contributed by atoms with Gasteiger partial charge >= 0.3 is 0 Å². The van der Waals surface area contributed by atoms with Crippen LogP contribution in [0, 0.1) is 0 Å². The summed E-state index contributed by atoms with van der Waals surface area (Å²) in [6.45, 7) is 6.35. The number of amides is 2. The van der Waals surface area contributed by atoms with Crippen LogP contribution in [0.2, 0.25) is 0 Å². The van der Waals surface area contributed by atoms with Crippen molar-refractivity contribution in [1.82, 2.24) is 10.6 Å². The van der Waals surface area contributed by atoms with E-state index in [1.807, 2.05) is 48.5 Å². The number of carbonyl (C=O) groups is 2. The lowest BCUT2D eigenvalue weighted by molar-refractivity contribution is -0.117. The fourth-order valence-electron chi connectivity index (χ4n) is 4.43. The number of hydrogen-bond acceptors (Lipinski definition) is 4. The Balaban J connectivity index is 1.62. The van der Waals surface area contributed by atoms with Gasteiger partial charge in [-0.3, -0.25) is 9.59 Å². The molecular weight excluding hydrogens is 424 g/mol. The van der Waals surface area contributed by atoms with Crippen LogP contribution in [0.15, 0.2) is 59.7 Å². The summed E-state index contributed by atoms with van der Waals surface area (Å²) in [5, 5.41) is 5.88. The van der Waals surface area contributed by atoms with Crippen molar-refractivity contribution < 1.29 is 9.59 Å². The predicted molar refractivity (Wildman–Crippen MR) is 139 cm³/mol. The molecule has 2 amide bonds. The summed E-state index contributed by atoms with van der Waals surface area (Å²) >= 11 is 0. The smallest absolute Gasteiger partial charge is 0.258 e. The van der Waals surface area contributed by atoms with Gasteiger partial charge in [-0.25, -0.2) is 0 Å². The van der Waals surface area contributed by atoms with E-state index in [2.05, 4.69) is 48.4 Å². The normalized spacial score (nSPS) is 14.9. The van der Waals surface area contributed by atoms with Gasteiger partial charge in [0.25, 0.3) is 11.8 Å². The number of fused-ring (bicyclic) bond motifs is 1. The zero-order chi connectivity index (χ0) is 24.2. The van der Waals surface area contributed by atoms with Crippen LogP contribution in [0.1, 0.15) is 50.7 Å². The first-order valence-electron chi connectivity index (χ1n) is 12.2. The topological polar surface area (TPSA) is 64.7 Å². The van der Waals surface area contributed by atoms with Gasteiger partial charge in [0, 0.05) is 38.6 Å². The number of rotatable bonds is 10. The van der Waals surface area contributed by atoms with Crippen molar-refractivity contribution in [3.8, 4) is 0 Å². The van der Waals surface area contributed by atoms with Gasteiger partial charge in [0.1, 0.15) is 0 Å². The molecule has 6 heteroatoms. The second kappa shape index (κ2) is 10.2. The van der Waals surface area contributed by atoms with E-state index in [0.29, 0.717) is 22.5 Å². The Morgan fingerprint density at radius 2 is 0.971 bits per heavy atom. The van der Waals surface area contributed by atoms with Crippen molar-refractivity contribution in [2.45, 2.75) is 39.5 Å². The maximum Gasteiger partial charge on any atom is 0.258 e. The molecule has 0 aliphatic carbocycles. The van der Waals surface area contributed by atoms with Crippen LogP contribution < -0.4 is 20.4 Å². The molecule has 0 spiro atoms. The van der Waals surface area contributed by atoms with Crippen molar-refractivity contribution in [2.75, 3.05) is 37.0 Å². The SMILES string of the molecule is CCCCN(C)c1ccc(C2=C3C(=O)NC(c4ccc(N(C)CCCC)cc4)=C3C(=O)N2)cc1. The van der Waals surface area contributed by atoms with E-state index in [1.165, 1.54) is 0 Å². The van der Waals surface area contributed by atoms with Gasteiger partial charge in [0.15, 0.2) is 0 Å². The molecule has 0 fully saturated rings. The Kier molecular flexibility index (Phi) is 7.06. The average molecular weight is 459 g/mol. The molecule has 34 heavy (non-hydrogen) atoms. The Morgan fingerprint density at radius 1 is 0.618 bits per heavy atom. The number of hydrogen-bond donors (Lipinski definition) is 2. The molecule has 2 heterocycles. The van der Waals surface area contributed by atoms with Crippen molar-refractivity contribution in [3.63, 3.8) is 0 Å². The molecule has 2 aromatic carbocycles. The van der Waals surface area contributed by atoms with Gasteiger partial charge < -0.3 is 20.4 Å². The molecule has 178 valence electrons. The van der Waals surface area contributed by atoms with Crippen LogP contribution in [0.3, 0.4) is 0 Å². The van der Waals surface area contributed by atoms with E-state index in [0.717, 1.165) is 61.3 Å². The van der Waals surface area contributed by atoms with Crippen molar-refractivity contribution in [2.24, 2.45) is 0 Å². The fraction of sp³-hybridized carbons (Fsp3) is 0.357. The van der Waals surface area contributed by atoms with Crippen LogP contribution in [0.4, 0.5) is 11.4 Å². The first kappa shape index (κ1) is 23.6. The number of unbranched alkanes of at least 4 members (excludes halogenated alkanes) is 2. The highest BCUT2D eigenvalue weighted by molar-refractivity contribution is 6.30. The van der Waals surface area contributed by atoms with Crippen LogP contribution in [-0.4, -0.2) is 39.0 Å². The molecule has 0 atom stereocenters. The van der Waals surface area contributed by atoms with Crippen LogP contribution >= 0.6 is 0 Å². The lowest BCUT2D eigenvalue weighted by Crippen LogP contribution is -2.22. The quantitative estimate of drug-likeness (QED) is 0.549. The molecule has 0 radical (unpaired) electrons. The number of anilines is 2. The summed E-state index contributed by atoms with van der Waals surface area (Å²) in [5.74, 6) is -0.488. The molecule has 2 N–H and O–H groups in total. The molecule has 0 bridgehead atoms. The Hall–Kier alpha value is -3.54. The van der Waals surface area contributed by atoms with Gasteiger partial charge in [-0.05, 0) is 48.2 Å². The summed E-state index contributed by atoms with van der Waals surface area (Å²) in [6, 6.07) is 16.0.